The van der Waals surface area contributed by atoms with E-state index in [0.29, 0.717) is 5.92 Å². The summed E-state index contributed by atoms with van der Waals surface area (Å²) in [5.74, 6) is 0.613. The van der Waals surface area contributed by atoms with Crippen molar-refractivity contribution in [1.82, 2.24) is 9.88 Å². The third kappa shape index (κ3) is 4.92. The van der Waals surface area contributed by atoms with Crippen molar-refractivity contribution in [1.29, 1.82) is 0 Å². The van der Waals surface area contributed by atoms with Gasteiger partial charge in [-0.05, 0) is 30.9 Å². The van der Waals surface area contributed by atoms with Gasteiger partial charge in [0.15, 0.2) is 0 Å². The van der Waals surface area contributed by atoms with Crippen LogP contribution in [0.2, 0.25) is 0 Å². The number of hydrogen-bond donors (Lipinski definition) is 2. The van der Waals surface area contributed by atoms with Gasteiger partial charge in [-0.2, -0.15) is 0 Å². The minimum Gasteiger partial charge on any atom is -0.395 e. The summed E-state index contributed by atoms with van der Waals surface area (Å²) in [7, 11) is 0. The zero-order valence-electron chi connectivity index (χ0n) is 11.3. The second kappa shape index (κ2) is 7.51. The number of nitrogens with one attached hydrogen (secondary N) is 1. The first-order valence-electron chi connectivity index (χ1n) is 6.65. The smallest absolute Gasteiger partial charge is 0.0584 e. The Kier molecular flexibility index (Phi) is 6.30. The molecule has 0 amide bonds. The van der Waals surface area contributed by atoms with Gasteiger partial charge in [-0.15, -0.1) is 0 Å². The van der Waals surface area contributed by atoms with Crippen LogP contribution in [-0.4, -0.2) is 22.3 Å². The van der Waals surface area contributed by atoms with Crippen molar-refractivity contribution < 1.29 is 5.11 Å². The lowest BCUT2D eigenvalue weighted by molar-refractivity contribution is 0.222. The number of aliphatic hydroxyl groups is 1. The van der Waals surface area contributed by atoms with Gasteiger partial charge in [0, 0.05) is 31.0 Å². The molecule has 3 nitrogen and oxygen atoms in total. The predicted octanol–water partition coefficient (Wildman–Crippen LogP) is 2.39. The Morgan fingerprint density at radius 1 is 1.41 bits per heavy atom. The summed E-state index contributed by atoms with van der Waals surface area (Å²) in [5.41, 5.74) is 1.30. The van der Waals surface area contributed by atoms with Crippen molar-refractivity contribution in [2.45, 2.75) is 52.7 Å². The molecule has 98 valence electrons. The third-order valence-electron chi connectivity index (χ3n) is 2.94. The highest BCUT2D eigenvalue weighted by molar-refractivity contribution is 5.07. The largest absolute Gasteiger partial charge is 0.395 e. The van der Waals surface area contributed by atoms with E-state index in [1.54, 1.807) is 0 Å². The quantitative estimate of drug-likeness (QED) is 0.729. The van der Waals surface area contributed by atoms with Crippen LogP contribution in [-0.2, 0) is 13.1 Å². The van der Waals surface area contributed by atoms with Crippen LogP contribution in [0, 0.1) is 5.92 Å². The Hall–Kier alpha value is -0.800. The molecule has 2 N–H and O–H groups in total. The molecular formula is C14H26N2O. The first-order chi connectivity index (χ1) is 8.17. The molecule has 0 saturated carbocycles. The maximum absolute atomic E-state index is 9.31. The number of aromatic nitrogens is 1. The summed E-state index contributed by atoms with van der Waals surface area (Å²) in [6.45, 7) is 8.68. The molecule has 1 atom stereocenters. The summed E-state index contributed by atoms with van der Waals surface area (Å²) < 4.78 is 2.27. The first-order valence-corrected chi connectivity index (χ1v) is 6.65. The summed E-state index contributed by atoms with van der Waals surface area (Å²) in [6.07, 6.45) is 4.29. The Bertz CT molecular complexity index is 307. The van der Waals surface area contributed by atoms with Crippen LogP contribution in [0.3, 0.4) is 0 Å². The average Bonchev–Trinajstić information content (AvgIpc) is 2.72. The number of aryl methyl sites for hydroxylation is 1. The highest BCUT2D eigenvalue weighted by Gasteiger charge is 2.09. The van der Waals surface area contributed by atoms with E-state index in [0.717, 1.165) is 25.9 Å². The Morgan fingerprint density at radius 3 is 2.76 bits per heavy atom. The monoisotopic (exact) mass is 238 g/mol. The minimum atomic E-state index is 0.208. The molecule has 17 heavy (non-hydrogen) atoms. The van der Waals surface area contributed by atoms with Crippen LogP contribution in [0.1, 0.15) is 39.3 Å². The first kappa shape index (κ1) is 14.3. The van der Waals surface area contributed by atoms with E-state index in [9.17, 15) is 5.11 Å². The Morgan fingerprint density at radius 2 is 2.18 bits per heavy atom. The third-order valence-corrected chi connectivity index (χ3v) is 2.94. The van der Waals surface area contributed by atoms with E-state index in [1.165, 1.54) is 5.69 Å². The molecular weight excluding hydrogens is 212 g/mol. The summed E-state index contributed by atoms with van der Waals surface area (Å²) in [6, 6.07) is 4.44. The fourth-order valence-electron chi connectivity index (χ4n) is 2.11. The molecule has 0 radical (unpaired) electrons. The lowest BCUT2D eigenvalue weighted by Crippen LogP contribution is -2.33. The molecule has 0 saturated heterocycles. The van der Waals surface area contributed by atoms with Crippen molar-refractivity contribution in [3.8, 4) is 0 Å². The van der Waals surface area contributed by atoms with E-state index >= 15 is 0 Å². The predicted molar refractivity (Wildman–Crippen MR) is 71.9 cm³/mol. The van der Waals surface area contributed by atoms with E-state index in [-0.39, 0.29) is 12.6 Å². The van der Waals surface area contributed by atoms with Gasteiger partial charge in [0.1, 0.15) is 0 Å². The molecule has 1 heterocycles. The normalized spacial score (nSPS) is 13.2. The van der Waals surface area contributed by atoms with E-state index in [4.69, 9.17) is 0 Å². The van der Waals surface area contributed by atoms with Gasteiger partial charge in [0.05, 0.1) is 6.61 Å². The SMILES string of the molecule is CCCn1cccc1CNC(CO)CC(C)C. The lowest BCUT2D eigenvalue weighted by atomic mass is 10.0. The van der Waals surface area contributed by atoms with Crippen molar-refractivity contribution in [2.75, 3.05) is 6.61 Å². The van der Waals surface area contributed by atoms with Crippen molar-refractivity contribution in [3.63, 3.8) is 0 Å². The van der Waals surface area contributed by atoms with Crippen LogP contribution in [0.15, 0.2) is 18.3 Å². The lowest BCUT2D eigenvalue weighted by Gasteiger charge is -2.19. The van der Waals surface area contributed by atoms with E-state index in [2.05, 4.69) is 49.0 Å². The van der Waals surface area contributed by atoms with Crippen LogP contribution in [0.5, 0.6) is 0 Å². The topological polar surface area (TPSA) is 37.2 Å². The van der Waals surface area contributed by atoms with Crippen LogP contribution in [0.25, 0.3) is 0 Å². The standard InChI is InChI=1S/C14H26N2O/c1-4-7-16-8-5-6-14(16)10-15-13(11-17)9-12(2)3/h5-6,8,12-13,15,17H,4,7,9-11H2,1-3H3. The molecule has 3 heteroatoms. The van der Waals surface area contributed by atoms with Gasteiger partial charge >= 0.3 is 0 Å². The van der Waals surface area contributed by atoms with Crippen LogP contribution in [0.4, 0.5) is 0 Å². The van der Waals surface area contributed by atoms with E-state index < -0.39 is 0 Å². The minimum absolute atomic E-state index is 0.208. The van der Waals surface area contributed by atoms with Gasteiger partial charge in [0.25, 0.3) is 0 Å². The van der Waals surface area contributed by atoms with Gasteiger partial charge < -0.3 is 15.0 Å². The molecule has 0 spiro atoms. The number of aliphatic hydroxyl groups excluding tert-OH is 1. The maximum atomic E-state index is 9.31. The molecule has 1 aromatic rings. The molecule has 0 aliphatic carbocycles. The highest BCUT2D eigenvalue weighted by atomic mass is 16.3. The molecule has 1 aromatic heterocycles. The zero-order chi connectivity index (χ0) is 12.7. The average molecular weight is 238 g/mol. The summed E-state index contributed by atoms with van der Waals surface area (Å²) in [5, 5.41) is 12.7. The van der Waals surface area contributed by atoms with Gasteiger partial charge in [-0.25, -0.2) is 0 Å². The molecule has 0 bridgehead atoms. The van der Waals surface area contributed by atoms with Crippen LogP contribution >= 0.6 is 0 Å². The van der Waals surface area contributed by atoms with Gasteiger partial charge in [-0.1, -0.05) is 20.8 Å². The maximum Gasteiger partial charge on any atom is 0.0584 e. The number of hydrogen-bond acceptors (Lipinski definition) is 2. The Balaban J connectivity index is 2.44. The summed E-state index contributed by atoms with van der Waals surface area (Å²) in [4.78, 5) is 0. The second-order valence-corrected chi connectivity index (χ2v) is 5.08. The molecule has 1 rings (SSSR count). The zero-order valence-corrected chi connectivity index (χ0v) is 11.3. The van der Waals surface area contributed by atoms with Crippen molar-refractivity contribution in [2.24, 2.45) is 5.92 Å². The molecule has 0 aliphatic heterocycles. The van der Waals surface area contributed by atoms with E-state index in [1.807, 2.05) is 0 Å². The van der Waals surface area contributed by atoms with Crippen molar-refractivity contribution in [3.05, 3.63) is 24.0 Å². The number of rotatable bonds is 8. The summed E-state index contributed by atoms with van der Waals surface area (Å²) >= 11 is 0. The fourth-order valence-corrected chi connectivity index (χ4v) is 2.11. The molecule has 0 fully saturated rings. The second-order valence-electron chi connectivity index (χ2n) is 5.08. The molecule has 0 aromatic carbocycles. The highest BCUT2D eigenvalue weighted by Crippen LogP contribution is 2.07. The fraction of sp³-hybridized carbons (Fsp3) is 0.714. The van der Waals surface area contributed by atoms with Gasteiger partial charge in [-0.3, -0.25) is 0 Å². The molecule has 1 unspecified atom stereocenters. The number of nitrogens with zero attached hydrogens (tertiary/aromatic N) is 1. The Labute approximate surface area is 105 Å². The molecule has 0 aliphatic rings. The van der Waals surface area contributed by atoms with Gasteiger partial charge in [0.2, 0.25) is 0 Å². The van der Waals surface area contributed by atoms with Crippen LogP contribution < -0.4 is 5.32 Å². The van der Waals surface area contributed by atoms with Crippen molar-refractivity contribution >= 4 is 0 Å².